The average Bonchev–Trinajstić information content (AvgIpc) is 2.95. The lowest BCUT2D eigenvalue weighted by Gasteiger charge is -2.18. The summed E-state index contributed by atoms with van der Waals surface area (Å²) in [5.74, 6) is 0.383. The van der Waals surface area contributed by atoms with E-state index in [4.69, 9.17) is 0 Å². The maximum absolute atomic E-state index is 12.1. The van der Waals surface area contributed by atoms with E-state index in [1.54, 1.807) is 29.2 Å². The number of carbonyl (C=O) groups excluding carboxylic acids is 1. The van der Waals surface area contributed by atoms with Crippen LogP contribution in [-0.4, -0.2) is 31.9 Å². The molecule has 0 bridgehead atoms. The van der Waals surface area contributed by atoms with Gasteiger partial charge in [0.2, 0.25) is 0 Å². The molecular weight excluding hydrogens is 334 g/mol. The Morgan fingerprint density at radius 2 is 2.24 bits per heavy atom. The molecule has 1 amide bonds. The van der Waals surface area contributed by atoms with Crippen LogP contribution in [0.1, 0.15) is 29.8 Å². The van der Waals surface area contributed by atoms with E-state index in [1.807, 2.05) is 0 Å². The third-order valence-corrected chi connectivity index (χ3v) is 3.68. The van der Waals surface area contributed by atoms with Crippen molar-refractivity contribution >= 4 is 21.8 Å². The lowest BCUT2D eigenvalue weighted by Crippen LogP contribution is -2.35. The van der Waals surface area contributed by atoms with Crippen molar-refractivity contribution in [1.82, 2.24) is 25.3 Å². The summed E-state index contributed by atoms with van der Waals surface area (Å²) in [4.78, 5) is 12.1. The van der Waals surface area contributed by atoms with Crippen molar-refractivity contribution in [3.05, 3.63) is 46.8 Å². The van der Waals surface area contributed by atoms with Crippen LogP contribution in [0.3, 0.4) is 0 Å². The highest BCUT2D eigenvalue weighted by Gasteiger charge is 2.15. The predicted octanol–water partition coefficient (Wildman–Crippen LogP) is 2.26. The molecule has 0 aliphatic heterocycles. The Bertz CT molecular complexity index is 664. The summed E-state index contributed by atoms with van der Waals surface area (Å²) in [6.07, 6.45) is 10.5. The molecule has 1 atom stereocenters. The van der Waals surface area contributed by atoms with Crippen LogP contribution in [0.15, 0.2) is 41.2 Å². The molecule has 1 N–H and O–H groups in total. The zero-order valence-electron chi connectivity index (χ0n) is 11.2. The number of halogens is 1. The number of nitrogens with one attached hydrogen (secondary N) is 1. The summed E-state index contributed by atoms with van der Waals surface area (Å²) in [6, 6.07) is 3.57. The van der Waals surface area contributed by atoms with Gasteiger partial charge >= 0.3 is 0 Å². The van der Waals surface area contributed by atoms with E-state index in [-0.39, 0.29) is 11.9 Å². The van der Waals surface area contributed by atoms with E-state index >= 15 is 0 Å². The van der Waals surface area contributed by atoms with Gasteiger partial charge in [-0.25, -0.2) is 4.68 Å². The molecule has 2 aromatic heterocycles. The number of aromatic nitrogens is 4. The standard InChI is InChI=1S/C14H14BrN5O/c15-10-8-16-20(9-10)13-7-6-12(18-19-13)14(21)17-11-4-2-1-3-5-11/h1-2,6-9,11H,3-5H2,(H,17,21). The minimum Gasteiger partial charge on any atom is -0.348 e. The van der Waals surface area contributed by atoms with Crippen molar-refractivity contribution in [2.24, 2.45) is 0 Å². The van der Waals surface area contributed by atoms with Gasteiger partial charge in [0.1, 0.15) is 0 Å². The molecule has 0 aromatic carbocycles. The Morgan fingerprint density at radius 3 is 2.86 bits per heavy atom. The number of allylic oxidation sites excluding steroid dienone is 1. The zero-order chi connectivity index (χ0) is 14.7. The fourth-order valence-electron chi connectivity index (χ4n) is 2.18. The summed E-state index contributed by atoms with van der Waals surface area (Å²) >= 11 is 3.32. The Hall–Kier alpha value is -2.02. The van der Waals surface area contributed by atoms with Gasteiger partial charge in [0.15, 0.2) is 11.5 Å². The number of carbonyl (C=O) groups is 1. The highest BCUT2D eigenvalue weighted by Crippen LogP contribution is 2.12. The first kappa shape index (κ1) is 13.9. The van der Waals surface area contributed by atoms with Crippen molar-refractivity contribution < 1.29 is 4.79 Å². The molecule has 3 rings (SSSR count). The summed E-state index contributed by atoms with van der Waals surface area (Å²) < 4.78 is 2.45. The molecule has 21 heavy (non-hydrogen) atoms. The predicted molar refractivity (Wildman–Crippen MR) is 81.1 cm³/mol. The molecule has 0 radical (unpaired) electrons. The van der Waals surface area contributed by atoms with Gasteiger partial charge in [0, 0.05) is 12.2 Å². The number of nitrogens with zero attached hydrogens (tertiary/aromatic N) is 4. The Kier molecular flexibility index (Phi) is 4.10. The van der Waals surface area contributed by atoms with E-state index in [9.17, 15) is 4.79 Å². The van der Waals surface area contributed by atoms with Gasteiger partial charge in [0.25, 0.3) is 5.91 Å². The van der Waals surface area contributed by atoms with Crippen LogP contribution in [0.2, 0.25) is 0 Å². The monoisotopic (exact) mass is 347 g/mol. The van der Waals surface area contributed by atoms with E-state index in [0.29, 0.717) is 11.5 Å². The molecule has 0 spiro atoms. The normalized spacial score (nSPS) is 17.7. The first-order valence-corrected chi connectivity index (χ1v) is 7.52. The molecule has 6 nitrogen and oxygen atoms in total. The molecule has 0 saturated heterocycles. The summed E-state index contributed by atoms with van der Waals surface area (Å²) in [5, 5.41) is 15.1. The molecule has 2 heterocycles. The average molecular weight is 348 g/mol. The van der Waals surface area contributed by atoms with E-state index < -0.39 is 0 Å². The Morgan fingerprint density at radius 1 is 1.33 bits per heavy atom. The van der Waals surface area contributed by atoms with Crippen LogP contribution in [0.25, 0.3) is 5.82 Å². The molecule has 0 fully saturated rings. The van der Waals surface area contributed by atoms with Crippen LogP contribution in [0.5, 0.6) is 0 Å². The second kappa shape index (κ2) is 6.17. The lowest BCUT2D eigenvalue weighted by molar-refractivity contribution is 0.0928. The fraction of sp³-hybridized carbons (Fsp3) is 0.286. The Balaban J connectivity index is 1.68. The molecule has 1 aliphatic carbocycles. The van der Waals surface area contributed by atoms with E-state index in [2.05, 4.69) is 48.7 Å². The van der Waals surface area contributed by atoms with Crippen LogP contribution in [0, 0.1) is 0 Å². The van der Waals surface area contributed by atoms with Gasteiger partial charge in [0.05, 0.1) is 10.7 Å². The van der Waals surface area contributed by atoms with Crippen molar-refractivity contribution in [1.29, 1.82) is 0 Å². The van der Waals surface area contributed by atoms with Gasteiger partial charge in [-0.1, -0.05) is 12.2 Å². The maximum Gasteiger partial charge on any atom is 0.272 e. The quantitative estimate of drug-likeness (QED) is 0.864. The van der Waals surface area contributed by atoms with Crippen LogP contribution in [-0.2, 0) is 0 Å². The van der Waals surface area contributed by atoms with Gasteiger partial charge < -0.3 is 5.32 Å². The lowest BCUT2D eigenvalue weighted by atomic mass is 10.0. The SMILES string of the molecule is O=C(NC1CC=CCC1)c1ccc(-n2cc(Br)cn2)nn1. The largest absolute Gasteiger partial charge is 0.348 e. The van der Waals surface area contributed by atoms with Crippen LogP contribution >= 0.6 is 15.9 Å². The second-order valence-electron chi connectivity index (χ2n) is 4.83. The number of rotatable bonds is 3. The summed E-state index contributed by atoms with van der Waals surface area (Å²) in [7, 11) is 0. The van der Waals surface area contributed by atoms with Gasteiger partial charge in [-0.2, -0.15) is 5.10 Å². The molecule has 1 unspecified atom stereocenters. The molecule has 108 valence electrons. The zero-order valence-corrected chi connectivity index (χ0v) is 12.8. The third-order valence-electron chi connectivity index (χ3n) is 3.27. The first-order valence-electron chi connectivity index (χ1n) is 6.72. The summed E-state index contributed by atoms with van der Waals surface area (Å²) in [5.41, 5.74) is 0.319. The molecular formula is C14H14BrN5O. The highest BCUT2D eigenvalue weighted by molar-refractivity contribution is 9.10. The number of amides is 1. The van der Waals surface area contributed by atoms with Crippen molar-refractivity contribution in [2.75, 3.05) is 0 Å². The highest BCUT2D eigenvalue weighted by atomic mass is 79.9. The van der Waals surface area contributed by atoms with Crippen molar-refractivity contribution in [3.8, 4) is 5.82 Å². The summed E-state index contributed by atoms with van der Waals surface area (Å²) in [6.45, 7) is 0. The maximum atomic E-state index is 12.1. The molecule has 1 aliphatic rings. The van der Waals surface area contributed by atoms with Gasteiger partial charge in [-0.3, -0.25) is 4.79 Å². The van der Waals surface area contributed by atoms with Gasteiger partial charge in [-0.05, 0) is 47.3 Å². The van der Waals surface area contributed by atoms with E-state index in [1.165, 1.54) is 0 Å². The van der Waals surface area contributed by atoms with Crippen LogP contribution in [0.4, 0.5) is 0 Å². The van der Waals surface area contributed by atoms with Crippen molar-refractivity contribution in [2.45, 2.75) is 25.3 Å². The second-order valence-corrected chi connectivity index (χ2v) is 5.75. The topological polar surface area (TPSA) is 72.7 Å². The van der Waals surface area contributed by atoms with Gasteiger partial charge in [-0.15, -0.1) is 10.2 Å². The fourth-order valence-corrected chi connectivity index (χ4v) is 2.46. The van der Waals surface area contributed by atoms with Crippen LogP contribution < -0.4 is 5.32 Å². The number of hydrogen-bond acceptors (Lipinski definition) is 4. The minimum atomic E-state index is -0.184. The molecule has 2 aromatic rings. The molecule has 7 heteroatoms. The molecule has 0 saturated carbocycles. The van der Waals surface area contributed by atoms with Crippen molar-refractivity contribution in [3.63, 3.8) is 0 Å². The number of hydrogen-bond donors (Lipinski definition) is 1. The van der Waals surface area contributed by atoms with E-state index in [0.717, 1.165) is 23.7 Å². The first-order chi connectivity index (χ1) is 10.2. The smallest absolute Gasteiger partial charge is 0.272 e. The minimum absolute atomic E-state index is 0.184. The third kappa shape index (κ3) is 3.36. The Labute approximate surface area is 130 Å².